The molecule has 6 nitrogen and oxygen atoms in total. The normalized spacial score (nSPS) is 11.1. The van der Waals surface area contributed by atoms with Crippen molar-refractivity contribution in [3.05, 3.63) is 267 Å². The van der Waals surface area contributed by atoms with Crippen molar-refractivity contribution in [3.63, 3.8) is 0 Å². The van der Waals surface area contributed by atoms with Gasteiger partial charge in [0.2, 0.25) is 0 Å². The van der Waals surface area contributed by atoms with E-state index in [4.69, 9.17) is 29.9 Å². The highest BCUT2D eigenvalue weighted by Gasteiger charge is 2.16. The Balaban J connectivity index is 0.859. The van der Waals surface area contributed by atoms with Crippen LogP contribution in [-0.4, -0.2) is 29.9 Å². The van der Waals surface area contributed by atoms with Crippen molar-refractivity contribution in [1.82, 2.24) is 29.9 Å². The van der Waals surface area contributed by atoms with Gasteiger partial charge in [0, 0.05) is 33.4 Å². The molecule has 12 aromatic rings. The first-order valence-electron chi connectivity index (χ1n) is 24.0. The second kappa shape index (κ2) is 19.7. The van der Waals surface area contributed by atoms with Crippen LogP contribution in [0.5, 0.6) is 0 Å². The van der Waals surface area contributed by atoms with Gasteiger partial charge in [-0.05, 0) is 92.0 Å². The Morgan fingerprint density at radius 3 is 0.514 bits per heavy atom. The number of aromatic nitrogens is 6. The van der Waals surface area contributed by atoms with E-state index in [-0.39, 0.29) is 0 Å². The van der Waals surface area contributed by atoms with Crippen LogP contribution in [0.25, 0.3) is 124 Å². The lowest BCUT2D eigenvalue weighted by atomic mass is 9.95. The third-order valence-corrected chi connectivity index (χ3v) is 12.8. The first kappa shape index (κ1) is 43.5. The van der Waals surface area contributed by atoms with Crippen LogP contribution < -0.4 is 0 Å². The Morgan fingerprint density at radius 1 is 0.125 bits per heavy atom. The Morgan fingerprint density at radius 2 is 0.278 bits per heavy atom. The molecule has 0 aliphatic heterocycles. The zero-order chi connectivity index (χ0) is 48.1. The molecule has 338 valence electrons. The minimum Gasteiger partial charge on any atom is -0.208 e. The van der Waals surface area contributed by atoms with E-state index in [0.717, 1.165) is 77.9 Å². The molecule has 10 aromatic carbocycles. The molecule has 0 amide bonds. The smallest absolute Gasteiger partial charge is 0.164 e. The molecule has 0 saturated heterocycles. The molecular formula is C66H44N6. The molecule has 0 radical (unpaired) electrons. The summed E-state index contributed by atoms with van der Waals surface area (Å²) in [4.78, 5) is 30.2. The van der Waals surface area contributed by atoms with Crippen molar-refractivity contribution >= 4 is 0 Å². The summed E-state index contributed by atoms with van der Waals surface area (Å²) in [5.41, 5.74) is 16.6. The van der Waals surface area contributed by atoms with Crippen molar-refractivity contribution < 1.29 is 0 Å². The van der Waals surface area contributed by atoms with Gasteiger partial charge in [0.25, 0.3) is 0 Å². The Hall–Kier alpha value is -9.78. The van der Waals surface area contributed by atoms with Crippen LogP contribution in [0, 0.1) is 0 Å². The summed E-state index contributed by atoms with van der Waals surface area (Å²) in [5, 5.41) is 0. The van der Waals surface area contributed by atoms with Crippen molar-refractivity contribution in [2.75, 3.05) is 0 Å². The van der Waals surface area contributed by atoms with Gasteiger partial charge in [0.05, 0.1) is 0 Å². The minimum absolute atomic E-state index is 0.605. The fourth-order valence-corrected chi connectivity index (χ4v) is 9.07. The van der Waals surface area contributed by atoms with E-state index < -0.39 is 0 Å². The lowest BCUT2D eigenvalue weighted by molar-refractivity contribution is 1.07. The molecule has 0 saturated carbocycles. The van der Waals surface area contributed by atoms with E-state index in [1.807, 2.05) is 97.1 Å². The van der Waals surface area contributed by atoms with Crippen molar-refractivity contribution in [1.29, 1.82) is 0 Å². The fraction of sp³-hybridized carbons (Fsp3) is 0. The molecule has 0 aliphatic rings. The van der Waals surface area contributed by atoms with Gasteiger partial charge in [-0.15, -0.1) is 0 Å². The van der Waals surface area contributed by atoms with Gasteiger partial charge in [0.15, 0.2) is 34.9 Å². The molecule has 0 fully saturated rings. The molecule has 2 aromatic heterocycles. The predicted molar refractivity (Wildman–Crippen MR) is 293 cm³/mol. The lowest BCUT2D eigenvalue weighted by Crippen LogP contribution is -2.00. The average Bonchev–Trinajstić information content (AvgIpc) is 3.48. The number of hydrogen-bond donors (Lipinski definition) is 0. The minimum atomic E-state index is 0.605. The second-order valence-electron chi connectivity index (χ2n) is 17.6. The molecule has 6 heteroatoms. The summed E-state index contributed by atoms with van der Waals surface area (Å²) >= 11 is 0. The largest absolute Gasteiger partial charge is 0.208 e. The molecule has 0 spiro atoms. The number of rotatable bonds is 11. The zero-order valence-electron chi connectivity index (χ0n) is 39.1. The van der Waals surface area contributed by atoms with Crippen LogP contribution in [0.15, 0.2) is 267 Å². The first-order valence-corrected chi connectivity index (χ1v) is 24.0. The molecular weight excluding hydrogens is 877 g/mol. The highest BCUT2D eigenvalue weighted by Crippen LogP contribution is 2.35. The summed E-state index contributed by atoms with van der Waals surface area (Å²) in [6.07, 6.45) is 0. The fourth-order valence-electron chi connectivity index (χ4n) is 9.07. The van der Waals surface area contributed by atoms with Crippen molar-refractivity contribution in [2.45, 2.75) is 0 Å². The van der Waals surface area contributed by atoms with Crippen LogP contribution in [0.2, 0.25) is 0 Å². The van der Waals surface area contributed by atoms with E-state index >= 15 is 0 Å². The Labute approximate surface area is 418 Å². The molecule has 0 N–H and O–H groups in total. The van der Waals surface area contributed by atoms with E-state index in [9.17, 15) is 0 Å². The molecule has 0 aliphatic carbocycles. The first-order chi connectivity index (χ1) is 35.6. The topological polar surface area (TPSA) is 77.3 Å². The summed E-state index contributed by atoms with van der Waals surface area (Å²) < 4.78 is 0. The number of benzene rings is 10. The van der Waals surface area contributed by atoms with Gasteiger partial charge >= 0.3 is 0 Å². The predicted octanol–water partition coefficient (Wildman–Crippen LogP) is 16.4. The third kappa shape index (κ3) is 9.36. The maximum absolute atomic E-state index is 5.17. The van der Waals surface area contributed by atoms with Crippen LogP contribution in [0.3, 0.4) is 0 Å². The molecule has 72 heavy (non-hydrogen) atoms. The van der Waals surface area contributed by atoms with Crippen LogP contribution in [0.1, 0.15) is 0 Å². The van der Waals surface area contributed by atoms with Gasteiger partial charge in [-0.1, -0.05) is 231 Å². The van der Waals surface area contributed by atoms with Gasteiger partial charge in [-0.2, -0.15) is 0 Å². The summed E-state index contributed by atoms with van der Waals surface area (Å²) in [6, 6.07) is 92.1. The Kier molecular flexibility index (Phi) is 11.9. The van der Waals surface area contributed by atoms with E-state index in [1.54, 1.807) is 0 Å². The average molecular weight is 921 g/mol. The van der Waals surface area contributed by atoms with Crippen molar-refractivity contribution in [3.8, 4) is 124 Å². The maximum Gasteiger partial charge on any atom is 0.164 e. The molecule has 0 bridgehead atoms. The summed E-state index contributed by atoms with van der Waals surface area (Å²) in [6.45, 7) is 0. The zero-order valence-corrected chi connectivity index (χ0v) is 39.1. The quantitative estimate of drug-likeness (QED) is 0.129. The van der Waals surface area contributed by atoms with Gasteiger partial charge in [-0.25, -0.2) is 29.9 Å². The summed E-state index contributed by atoms with van der Waals surface area (Å²) in [7, 11) is 0. The lowest BCUT2D eigenvalue weighted by Gasteiger charge is -2.12. The van der Waals surface area contributed by atoms with E-state index in [2.05, 4.69) is 170 Å². The van der Waals surface area contributed by atoms with Crippen LogP contribution in [-0.2, 0) is 0 Å². The second-order valence-corrected chi connectivity index (χ2v) is 17.6. The van der Waals surface area contributed by atoms with Crippen LogP contribution >= 0.6 is 0 Å². The van der Waals surface area contributed by atoms with Crippen molar-refractivity contribution in [2.24, 2.45) is 0 Å². The monoisotopic (exact) mass is 920 g/mol. The highest BCUT2D eigenvalue weighted by atomic mass is 15.0. The molecule has 12 rings (SSSR count). The van der Waals surface area contributed by atoms with Gasteiger partial charge < -0.3 is 0 Å². The standard InChI is InChI=1S/C66H44N6/c1-5-19-45(20-6-1)49-27-13-28-50(39-49)55-33-16-37-59(42-55)65-70-63(48-25-11-4-12-26-48)71-66(72-65)60-38-18-35-57(44-60)54-32-15-30-52(41-54)51-29-14-31-53(40-51)56-34-17-36-58(43-56)64-68-61(46-21-7-2-8-22-46)67-62(69-64)47-23-9-3-10-24-47/h1-44H. The van der Waals surface area contributed by atoms with E-state index in [0.29, 0.717) is 34.9 Å². The van der Waals surface area contributed by atoms with Crippen LogP contribution in [0.4, 0.5) is 0 Å². The van der Waals surface area contributed by atoms with E-state index in [1.165, 1.54) is 11.1 Å². The van der Waals surface area contributed by atoms with Gasteiger partial charge in [0.1, 0.15) is 0 Å². The number of nitrogens with zero attached hydrogens (tertiary/aromatic N) is 6. The third-order valence-electron chi connectivity index (χ3n) is 12.8. The summed E-state index contributed by atoms with van der Waals surface area (Å²) in [5.74, 6) is 3.72. The molecule has 2 heterocycles. The molecule has 0 unspecified atom stereocenters. The molecule has 0 atom stereocenters. The van der Waals surface area contributed by atoms with Gasteiger partial charge in [-0.3, -0.25) is 0 Å². The number of hydrogen-bond acceptors (Lipinski definition) is 6. The Bertz CT molecular complexity index is 3800. The maximum atomic E-state index is 5.17. The SMILES string of the molecule is c1ccc(-c2cccc(-c3cccc(-c4nc(-c5ccccc5)nc(-c5cccc(-c6cccc(-c7cccc(-c8cccc(-c9nc(-c%10ccccc%10)nc(-c%10ccccc%10)n9)c8)c7)c6)c5)n4)c3)c2)cc1. The highest BCUT2D eigenvalue weighted by molar-refractivity contribution is 5.81.